The number of aliphatic carboxylic acids is 1. The fourth-order valence-corrected chi connectivity index (χ4v) is 3.29. The number of hydrogen-bond donors (Lipinski definition) is 3. The Kier molecular flexibility index (Phi) is 5.35. The lowest BCUT2D eigenvalue weighted by molar-refractivity contribution is -0.147. The minimum atomic E-state index is -0.973. The third kappa shape index (κ3) is 4.18. The number of carboxylic acid groups (broad SMARTS) is 1. The number of carboxylic acids is 1. The van der Waals surface area contributed by atoms with Gasteiger partial charge in [0.25, 0.3) is 0 Å². The van der Waals surface area contributed by atoms with Crippen molar-refractivity contribution in [1.82, 2.24) is 9.88 Å². The third-order valence-electron chi connectivity index (χ3n) is 4.63. The highest BCUT2D eigenvalue weighted by molar-refractivity contribution is 5.86. The van der Waals surface area contributed by atoms with Crippen LogP contribution in [0.25, 0.3) is 10.9 Å². The molecular formula is C18H23N3O4. The molecule has 1 amide bonds. The van der Waals surface area contributed by atoms with Crippen molar-refractivity contribution >= 4 is 22.8 Å². The van der Waals surface area contributed by atoms with Crippen LogP contribution >= 0.6 is 0 Å². The number of fused-ring (bicyclic) bond motifs is 1. The number of aromatic nitrogens is 1. The summed E-state index contributed by atoms with van der Waals surface area (Å²) < 4.78 is 5.29. The lowest BCUT2D eigenvalue weighted by Crippen LogP contribution is -2.49. The number of carbonyl (C=O) groups excluding carboxylic acids is 1. The number of aromatic amines is 1. The molecule has 0 radical (unpaired) electrons. The van der Waals surface area contributed by atoms with Crippen molar-refractivity contribution < 1.29 is 19.4 Å². The highest BCUT2D eigenvalue weighted by Gasteiger charge is 2.27. The van der Waals surface area contributed by atoms with Crippen LogP contribution < -0.4 is 5.73 Å². The summed E-state index contributed by atoms with van der Waals surface area (Å²) in [6.45, 7) is 0.800. The summed E-state index contributed by atoms with van der Waals surface area (Å²) in [6.07, 6.45) is 3.56. The normalized spacial score (nSPS) is 16.9. The van der Waals surface area contributed by atoms with Crippen molar-refractivity contribution in [3.63, 3.8) is 0 Å². The third-order valence-corrected chi connectivity index (χ3v) is 4.63. The minimum absolute atomic E-state index is 0.0676. The van der Waals surface area contributed by atoms with Crippen LogP contribution in [0.3, 0.4) is 0 Å². The molecule has 1 aliphatic heterocycles. The van der Waals surface area contributed by atoms with E-state index in [1.165, 1.54) is 0 Å². The Hall–Kier alpha value is -2.38. The van der Waals surface area contributed by atoms with Gasteiger partial charge in [-0.15, -0.1) is 0 Å². The zero-order chi connectivity index (χ0) is 17.8. The van der Waals surface area contributed by atoms with Crippen LogP contribution in [0.15, 0.2) is 30.5 Å². The van der Waals surface area contributed by atoms with E-state index in [1.54, 1.807) is 4.90 Å². The van der Waals surface area contributed by atoms with E-state index >= 15 is 0 Å². The summed E-state index contributed by atoms with van der Waals surface area (Å²) >= 11 is 0. The summed E-state index contributed by atoms with van der Waals surface area (Å²) in [6, 6.07) is 7.35. The van der Waals surface area contributed by atoms with E-state index in [9.17, 15) is 9.59 Å². The molecule has 7 heteroatoms. The lowest BCUT2D eigenvalue weighted by Gasteiger charge is -2.33. The van der Waals surface area contributed by atoms with E-state index in [0.717, 1.165) is 16.5 Å². The van der Waals surface area contributed by atoms with Crippen LogP contribution in [0.5, 0.6) is 0 Å². The van der Waals surface area contributed by atoms with Gasteiger partial charge in [-0.3, -0.25) is 4.79 Å². The van der Waals surface area contributed by atoms with Crippen LogP contribution in [0.1, 0.15) is 18.4 Å². The maximum Gasteiger partial charge on any atom is 0.329 e. The topological polar surface area (TPSA) is 109 Å². The van der Waals surface area contributed by atoms with Gasteiger partial charge in [0.2, 0.25) is 5.91 Å². The minimum Gasteiger partial charge on any atom is -0.480 e. The first-order chi connectivity index (χ1) is 12.0. The van der Waals surface area contributed by atoms with Crippen molar-refractivity contribution in [3.05, 3.63) is 36.0 Å². The molecule has 1 aromatic carbocycles. The molecule has 0 saturated carbocycles. The van der Waals surface area contributed by atoms with Gasteiger partial charge < -0.3 is 25.5 Å². The Morgan fingerprint density at radius 3 is 2.76 bits per heavy atom. The molecular weight excluding hydrogens is 322 g/mol. The second kappa shape index (κ2) is 7.67. The van der Waals surface area contributed by atoms with Gasteiger partial charge in [0.05, 0.1) is 12.1 Å². The van der Waals surface area contributed by atoms with Crippen molar-refractivity contribution in [2.75, 3.05) is 19.7 Å². The maximum atomic E-state index is 12.6. The second-order valence-electron chi connectivity index (χ2n) is 6.40. The second-order valence-corrected chi connectivity index (χ2v) is 6.40. The smallest absolute Gasteiger partial charge is 0.329 e. The van der Waals surface area contributed by atoms with E-state index in [1.807, 2.05) is 30.5 Å². The highest BCUT2D eigenvalue weighted by Crippen LogP contribution is 2.20. The number of para-hydroxylation sites is 1. The molecule has 3 rings (SSSR count). The Labute approximate surface area is 145 Å². The molecule has 4 N–H and O–H groups in total. The van der Waals surface area contributed by atoms with E-state index in [4.69, 9.17) is 15.6 Å². The number of nitrogens with two attached hydrogens (primary N) is 1. The number of rotatable bonds is 6. The molecule has 0 spiro atoms. The number of hydrogen-bond acceptors (Lipinski definition) is 4. The number of benzene rings is 1. The van der Waals surface area contributed by atoms with Crippen LogP contribution in [-0.4, -0.2) is 58.7 Å². The highest BCUT2D eigenvalue weighted by atomic mass is 16.5. The molecule has 1 saturated heterocycles. The summed E-state index contributed by atoms with van der Waals surface area (Å²) in [5, 5.41) is 9.74. The molecule has 1 fully saturated rings. The molecule has 1 atom stereocenters. The summed E-state index contributed by atoms with van der Waals surface area (Å²) in [7, 11) is 0. The van der Waals surface area contributed by atoms with Crippen molar-refractivity contribution in [2.45, 2.75) is 31.4 Å². The number of ether oxygens (including phenoxy) is 1. The number of H-pyrrole nitrogens is 1. The van der Waals surface area contributed by atoms with Gasteiger partial charge in [-0.2, -0.15) is 0 Å². The monoisotopic (exact) mass is 345 g/mol. The largest absolute Gasteiger partial charge is 0.480 e. The molecule has 134 valence electrons. The molecule has 0 bridgehead atoms. The number of nitrogens with one attached hydrogen (secondary N) is 1. The van der Waals surface area contributed by atoms with Gasteiger partial charge in [0.15, 0.2) is 0 Å². The Morgan fingerprint density at radius 1 is 1.32 bits per heavy atom. The van der Waals surface area contributed by atoms with Crippen LogP contribution in [0.2, 0.25) is 0 Å². The van der Waals surface area contributed by atoms with E-state index in [0.29, 0.717) is 32.4 Å². The molecule has 2 aromatic rings. The number of nitrogens with zero attached hydrogens (tertiary/aromatic N) is 1. The number of carbonyl (C=O) groups is 2. The van der Waals surface area contributed by atoms with Crippen LogP contribution in [0, 0.1) is 0 Å². The number of piperidine rings is 1. The SMILES string of the molecule is N[C@H](Cc1c[nH]c2ccccc12)C(=O)N1CCC(OCC(=O)O)CC1. The fourth-order valence-electron chi connectivity index (χ4n) is 3.29. The van der Waals surface area contributed by atoms with Crippen LogP contribution in [-0.2, 0) is 20.7 Å². The van der Waals surface area contributed by atoms with Gasteiger partial charge in [0.1, 0.15) is 6.61 Å². The Morgan fingerprint density at radius 2 is 2.04 bits per heavy atom. The van der Waals surface area contributed by atoms with Gasteiger partial charge in [-0.1, -0.05) is 18.2 Å². The predicted molar refractivity (Wildman–Crippen MR) is 93.2 cm³/mol. The first kappa shape index (κ1) is 17.4. The summed E-state index contributed by atoms with van der Waals surface area (Å²) in [5.41, 5.74) is 8.22. The van der Waals surface area contributed by atoms with E-state index in [-0.39, 0.29) is 18.6 Å². The maximum absolute atomic E-state index is 12.6. The summed E-state index contributed by atoms with van der Waals surface area (Å²) in [4.78, 5) is 28.1. The van der Waals surface area contributed by atoms with Gasteiger partial charge in [-0.05, 0) is 30.9 Å². The first-order valence-electron chi connectivity index (χ1n) is 8.47. The van der Waals surface area contributed by atoms with Gasteiger partial charge in [-0.25, -0.2) is 4.79 Å². The molecule has 0 unspecified atom stereocenters. The fraction of sp³-hybridized carbons (Fsp3) is 0.444. The molecule has 1 aromatic heterocycles. The molecule has 25 heavy (non-hydrogen) atoms. The molecule has 0 aliphatic carbocycles. The molecule has 2 heterocycles. The van der Waals surface area contributed by atoms with Crippen LogP contribution in [0.4, 0.5) is 0 Å². The van der Waals surface area contributed by atoms with Gasteiger partial charge >= 0.3 is 5.97 Å². The van der Waals surface area contributed by atoms with Crippen molar-refractivity contribution in [3.8, 4) is 0 Å². The first-order valence-corrected chi connectivity index (χ1v) is 8.47. The average molecular weight is 345 g/mol. The quantitative estimate of drug-likeness (QED) is 0.727. The number of amides is 1. The van der Waals surface area contributed by atoms with Crippen molar-refractivity contribution in [1.29, 1.82) is 0 Å². The average Bonchev–Trinajstić information content (AvgIpc) is 3.03. The Bertz CT molecular complexity index is 750. The lowest BCUT2D eigenvalue weighted by atomic mass is 10.0. The predicted octanol–water partition coefficient (Wildman–Crippen LogP) is 1.13. The molecule has 7 nitrogen and oxygen atoms in total. The van der Waals surface area contributed by atoms with E-state index in [2.05, 4.69) is 4.98 Å². The summed E-state index contributed by atoms with van der Waals surface area (Å²) in [5.74, 6) is -1.04. The standard InChI is InChI=1S/C18H23N3O4/c19-15(9-12-10-20-16-4-2-1-3-14(12)16)18(24)21-7-5-13(6-8-21)25-11-17(22)23/h1-4,10,13,15,20H,5-9,11,19H2,(H,22,23)/t15-/m1/s1. The van der Waals surface area contributed by atoms with Gasteiger partial charge in [0, 0.05) is 30.2 Å². The zero-order valence-corrected chi connectivity index (χ0v) is 14.0. The number of likely N-dealkylation sites (tertiary alicyclic amines) is 1. The zero-order valence-electron chi connectivity index (χ0n) is 14.0. The van der Waals surface area contributed by atoms with E-state index < -0.39 is 12.0 Å². The molecule has 1 aliphatic rings. The Balaban J connectivity index is 1.54. The van der Waals surface area contributed by atoms with Crippen molar-refractivity contribution in [2.24, 2.45) is 5.73 Å².